The van der Waals surface area contributed by atoms with Gasteiger partial charge in [0.05, 0.1) is 10.6 Å². The predicted octanol–water partition coefficient (Wildman–Crippen LogP) is 4.61. The van der Waals surface area contributed by atoms with Crippen molar-refractivity contribution >= 4 is 11.4 Å². The van der Waals surface area contributed by atoms with Gasteiger partial charge in [-0.3, -0.25) is 10.1 Å². The van der Waals surface area contributed by atoms with Crippen LogP contribution in [0.3, 0.4) is 0 Å². The number of benzene rings is 1. The Morgan fingerprint density at radius 2 is 2.00 bits per heavy atom. The first-order valence-corrected chi connectivity index (χ1v) is 8.04. The molecule has 6 nitrogen and oxygen atoms in total. The maximum Gasteiger partial charge on any atom is 0.292 e. The second-order valence-electron chi connectivity index (χ2n) is 6.17. The van der Waals surface area contributed by atoms with Gasteiger partial charge >= 0.3 is 0 Å². The summed E-state index contributed by atoms with van der Waals surface area (Å²) in [5.74, 6) is 0.671. The van der Waals surface area contributed by atoms with Crippen LogP contribution in [0.25, 0.3) is 11.1 Å². The fraction of sp³-hybridized carbons (Fsp3) is 0.471. The molecule has 1 aromatic heterocycles. The molecule has 3 rings (SSSR count). The Labute approximate surface area is 135 Å². The topological polar surface area (TPSA) is 81.2 Å². The van der Waals surface area contributed by atoms with Crippen molar-refractivity contribution in [1.29, 1.82) is 0 Å². The van der Waals surface area contributed by atoms with E-state index in [1.54, 1.807) is 12.1 Å². The summed E-state index contributed by atoms with van der Waals surface area (Å²) in [4.78, 5) is 11.2. The lowest BCUT2D eigenvalue weighted by Gasteiger charge is -2.23. The third kappa shape index (κ3) is 3.21. The van der Waals surface area contributed by atoms with E-state index in [-0.39, 0.29) is 10.6 Å². The highest BCUT2D eigenvalue weighted by Gasteiger charge is 2.21. The number of aromatic nitrogens is 1. The number of hydrogen-bond donors (Lipinski definition) is 1. The summed E-state index contributed by atoms with van der Waals surface area (Å²) in [6.07, 6.45) is 5.77. The van der Waals surface area contributed by atoms with E-state index in [1.807, 2.05) is 19.9 Å². The van der Waals surface area contributed by atoms with Crippen molar-refractivity contribution in [2.24, 2.45) is 0 Å². The number of rotatable bonds is 4. The molecular formula is C17H21N3O3. The van der Waals surface area contributed by atoms with E-state index in [0.717, 1.165) is 29.7 Å². The van der Waals surface area contributed by atoms with Crippen LogP contribution in [-0.4, -0.2) is 16.1 Å². The van der Waals surface area contributed by atoms with E-state index in [1.165, 1.54) is 19.3 Å². The summed E-state index contributed by atoms with van der Waals surface area (Å²) in [5.41, 5.74) is 3.04. The van der Waals surface area contributed by atoms with Crippen molar-refractivity contribution in [1.82, 2.24) is 5.16 Å². The SMILES string of the molecule is Cc1noc(C)c1-c1ccc(NC2CCCCC2)c([N+](=O)[O-])c1. The molecule has 1 N–H and O–H groups in total. The fourth-order valence-corrected chi connectivity index (χ4v) is 3.32. The Morgan fingerprint density at radius 3 is 2.61 bits per heavy atom. The first kappa shape index (κ1) is 15.5. The number of nitrogens with zero attached hydrogens (tertiary/aromatic N) is 2. The van der Waals surface area contributed by atoms with Crippen molar-refractivity contribution in [2.45, 2.75) is 52.0 Å². The molecular weight excluding hydrogens is 294 g/mol. The Hall–Kier alpha value is -2.37. The summed E-state index contributed by atoms with van der Waals surface area (Å²) >= 11 is 0. The standard InChI is InChI=1S/C17H21N3O3/c1-11-17(12(2)23-19-11)13-8-9-15(16(10-13)20(21)22)18-14-6-4-3-5-7-14/h8-10,14,18H,3-7H2,1-2H3. The minimum absolute atomic E-state index is 0.105. The first-order chi connectivity index (χ1) is 11.1. The summed E-state index contributed by atoms with van der Waals surface area (Å²) in [6, 6.07) is 5.63. The molecule has 2 aromatic rings. The molecule has 1 aromatic carbocycles. The molecule has 122 valence electrons. The Morgan fingerprint density at radius 1 is 1.26 bits per heavy atom. The van der Waals surface area contributed by atoms with Crippen LogP contribution in [0.2, 0.25) is 0 Å². The van der Waals surface area contributed by atoms with Crippen LogP contribution >= 0.6 is 0 Å². The van der Waals surface area contributed by atoms with E-state index >= 15 is 0 Å². The molecule has 6 heteroatoms. The van der Waals surface area contributed by atoms with E-state index in [4.69, 9.17) is 4.52 Å². The van der Waals surface area contributed by atoms with Crippen molar-refractivity contribution < 1.29 is 9.45 Å². The van der Waals surface area contributed by atoms with E-state index in [2.05, 4.69) is 10.5 Å². The molecule has 23 heavy (non-hydrogen) atoms. The lowest BCUT2D eigenvalue weighted by atomic mass is 9.95. The fourth-order valence-electron chi connectivity index (χ4n) is 3.32. The minimum atomic E-state index is -0.327. The van der Waals surface area contributed by atoms with Crippen molar-refractivity contribution in [3.05, 3.63) is 39.8 Å². The van der Waals surface area contributed by atoms with Gasteiger partial charge < -0.3 is 9.84 Å². The van der Waals surface area contributed by atoms with Crippen LogP contribution in [0.4, 0.5) is 11.4 Å². The van der Waals surface area contributed by atoms with Gasteiger partial charge in [0.1, 0.15) is 11.4 Å². The maximum atomic E-state index is 11.5. The van der Waals surface area contributed by atoms with Gasteiger partial charge in [0.15, 0.2) is 0 Å². The second kappa shape index (κ2) is 6.40. The largest absolute Gasteiger partial charge is 0.377 e. The smallest absolute Gasteiger partial charge is 0.292 e. The summed E-state index contributed by atoms with van der Waals surface area (Å²) in [5, 5.41) is 18.8. The molecule has 1 fully saturated rings. The van der Waals surface area contributed by atoms with Crippen molar-refractivity contribution in [3.8, 4) is 11.1 Å². The van der Waals surface area contributed by atoms with Gasteiger partial charge in [0.2, 0.25) is 0 Å². The molecule has 0 radical (unpaired) electrons. The predicted molar refractivity (Wildman–Crippen MR) is 88.6 cm³/mol. The highest BCUT2D eigenvalue weighted by molar-refractivity contribution is 5.75. The van der Waals surface area contributed by atoms with Gasteiger partial charge in [-0.05, 0) is 38.3 Å². The lowest BCUT2D eigenvalue weighted by Crippen LogP contribution is -2.22. The van der Waals surface area contributed by atoms with E-state index in [9.17, 15) is 10.1 Å². The molecule has 0 unspecified atom stereocenters. The van der Waals surface area contributed by atoms with Gasteiger partial charge in [-0.15, -0.1) is 0 Å². The molecule has 0 atom stereocenters. The molecule has 1 heterocycles. The highest BCUT2D eigenvalue weighted by Crippen LogP contribution is 2.35. The van der Waals surface area contributed by atoms with Gasteiger partial charge in [0, 0.05) is 17.7 Å². The van der Waals surface area contributed by atoms with E-state index in [0.29, 0.717) is 17.5 Å². The number of nitro benzene ring substituents is 1. The zero-order valence-electron chi connectivity index (χ0n) is 13.5. The molecule has 0 amide bonds. The Kier molecular flexibility index (Phi) is 4.32. The maximum absolute atomic E-state index is 11.5. The van der Waals surface area contributed by atoms with Crippen LogP contribution in [0.1, 0.15) is 43.6 Å². The van der Waals surface area contributed by atoms with Crippen molar-refractivity contribution in [2.75, 3.05) is 5.32 Å². The average molecular weight is 315 g/mol. The molecule has 1 aliphatic carbocycles. The zero-order chi connectivity index (χ0) is 16.4. The molecule has 1 aliphatic rings. The number of nitrogens with one attached hydrogen (secondary N) is 1. The Balaban J connectivity index is 1.94. The summed E-state index contributed by atoms with van der Waals surface area (Å²) in [7, 11) is 0. The average Bonchev–Trinajstić information content (AvgIpc) is 2.88. The van der Waals surface area contributed by atoms with E-state index < -0.39 is 0 Å². The normalized spacial score (nSPS) is 15.6. The minimum Gasteiger partial charge on any atom is -0.377 e. The number of hydrogen-bond acceptors (Lipinski definition) is 5. The quantitative estimate of drug-likeness (QED) is 0.658. The van der Waals surface area contributed by atoms with Gasteiger partial charge in [-0.25, -0.2) is 0 Å². The van der Waals surface area contributed by atoms with Gasteiger partial charge in [0.25, 0.3) is 5.69 Å². The van der Waals surface area contributed by atoms with Gasteiger partial charge in [-0.1, -0.05) is 30.5 Å². The monoisotopic (exact) mass is 315 g/mol. The summed E-state index contributed by atoms with van der Waals surface area (Å²) < 4.78 is 5.17. The molecule has 0 bridgehead atoms. The molecule has 0 saturated heterocycles. The van der Waals surface area contributed by atoms with Crippen LogP contribution in [0, 0.1) is 24.0 Å². The van der Waals surface area contributed by atoms with Crippen LogP contribution in [0.15, 0.2) is 22.7 Å². The van der Waals surface area contributed by atoms with Crippen LogP contribution in [0.5, 0.6) is 0 Å². The molecule has 0 spiro atoms. The number of aryl methyl sites for hydroxylation is 2. The molecule has 1 saturated carbocycles. The Bertz CT molecular complexity index is 698. The zero-order valence-corrected chi connectivity index (χ0v) is 13.5. The first-order valence-electron chi connectivity index (χ1n) is 8.04. The molecule has 0 aliphatic heterocycles. The second-order valence-corrected chi connectivity index (χ2v) is 6.17. The third-order valence-electron chi connectivity index (χ3n) is 4.48. The summed E-state index contributed by atoms with van der Waals surface area (Å²) in [6.45, 7) is 3.65. The lowest BCUT2D eigenvalue weighted by molar-refractivity contribution is -0.383. The van der Waals surface area contributed by atoms with Crippen LogP contribution in [-0.2, 0) is 0 Å². The third-order valence-corrected chi connectivity index (χ3v) is 4.48. The van der Waals surface area contributed by atoms with Crippen molar-refractivity contribution in [3.63, 3.8) is 0 Å². The van der Waals surface area contributed by atoms with Gasteiger partial charge in [-0.2, -0.15) is 0 Å². The highest BCUT2D eigenvalue weighted by atomic mass is 16.6. The number of nitro groups is 1. The number of anilines is 1. The van der Waals surface area contributed by atoms with Crippen LogP contribution < -0.4 is 5.32 Å².